The summed E-state index contributed by atoms with van der Waals surface area (Å²) < 4.78 is 0. The van der Waals surface area contributed by atoms with Crippen LogP contribution in [0.4, 0.5) is 0 Å². The van der Waals surface area contributed by atoms with Gasteiger partial charge < -0.3 is 10.0 Å². The molecule has 0 saturated carbocycles. The molecule has 0 aromatic heterocycles. The van der Waals surface area contributed by atoms with Crippen LogP contribution in [0.3, 0.4) is 0 Å². The van der Waals surface area contributed by atoms with Crippen LogP contribution >= 0.6 is 0 Å². The van der Waals surface area contributed by atoms with E-state index in [1.807, 2.05) is 13.8 Å². The first-order chi connectivity index (χ1) is 7.11. The number of hydrogen-bond donors (Lipinski definition) is 1. The Labute approximate surface area is 90.3 Å². The second-order valence-corrected chi connectivity index (χ2v) is 4.26. The zero-order valence-electron chi connectivity index (χ0n) is 9.40. The molecule has 0 bridgehead atoms. The number of carboxylic acid groups (broad SMARTS) is 1. The molecule has 1 rings (SSSR count). The van der Waals surface area contributed by atoms with Crippen molar-refractivity contribution in [3.8, 4) is 0 Å². The lowest BCUT2D eigenvalue weighted by Crippen LogP contribution is -2.55. The molecule has 1 fully saturated rings. The number of carboxylic acids is 1. The van der Waals surface area contributed by atoms with Gasteiger partial charge in [0.25, 0.3) is 0 Å². The van der Waals surface area contributed by atoms with Crippen molar-refractivity contribution < 1.29 is 14.7 Å². The van der Waals surface area contributed by atoms with Gasteiger partial charge in [0.15, 0.2) is 0 Å². The minimum Gasteiger partial charge on any atom is -0.480 e. The molecule has 4 nitrogen and oxygen atoms in total. The molecule has 0 spiro atoms. The van der Waals surface area contributed by atoms with Crippen LogP contribution < -0.4 is 0 Å². The maximum absolute atomic E-state index is 11.3. The highest BCUT2D eigenvalue weighted by molar-refractivity contribution is 5.77. The molecule has 1 amide bonds. The van der Waals surface area contributed by atoms with Gasteiger partial charge in [-0.05, 0) is 25.7 Å². The lowest BCUT2D eigenvalue weighted by Gasteiger charge is -2.46. The van der Waals surface area contributed by atoms with Crippen molar-refractivity contribution in [2.45, 2.75) is 45.6 Å². The van der Waals surface area contributed by atoms with E-state index >= 15 is 0 Å². The van der Waals surface area contributed by atoms with Gasteiger partial charge in [0.1, 0.15) is 6.04 Å². The number of amides is 1. The van der Waals surface area contributed by atoms with Crippen molar-refractivity contribution in [3.63, 3.8) is 0 Å². The molecule has 1 heterocycles. The quantitative estimate of drug-likeness (QED) is 0.720. The van der Waals surface area contributed by atoms with E-state index in [9.17, 15) is 14.7 Å². The highest BCUT2D eigenvalue weighted by atomic mass is 16.4. The summed E-state index contributed by atoms with van der Waals surface area (Å²) >= 11 is 0. The van der Waals surface area contributed by atoms with E-state index in [4.69, 9.17) is 0 Å². The fourth-order valence-corrected chi connectivity index (χ4v) is 2.74. The molecule has 1 saturated heterocycles. The van der Waals surface area contributed by atoms with Crippen LogP contribution in [0.5, 0.6) is 0 Å². The van der Waals surface area contributed by atoms with Crippen molar-refractivity contribution in [1.29, 1.82) is 0 Å². The van der Waals surface area contributed by atoms with Crippen molar-refractivity contribution >= 4 is 12.4 Å². The number of piperidine rings is 1. The second-order valence-electron chi connectivity index (χ2n) is 4.26. The number of carbonyl (C=O) groups excluding carboxylic acids is 1. The third-order valence-corrected chi connectivity index (χ3v) is 3.78. The second kappa shape index (κ2) is 4.64. The minimum absolute atomic E-state index is 0.231. The molecule has 86 valence electrons. The zero-order valence-corrected chi connectivity index (χ0v) is 9.40. The van der Waals surface area contributed by atoms with Gasteiger partial charge >= 0.3 is 5.97 Å². The predicted molar refractivity (Wildman–Crippen MR) is 56.4 cm³/mol. The molecule has 0 radical (unpaired) electrons. The Balaban J connectivity index is 3.02. The summed E-state index contributed by atoms with van der Waals surface area (Å²) in [5, 5.41) is 9.24. The highest BCUT2D eigenvalue weighted by Gasteiger charge is 2.46. The van der Waals surface area contributed by atoms with Gasteiger partial charge in [-0.15, -0.1) is 0 Å². The Morgan fingerprint density at radius 2 is 2.13 bits per heavy atom. The van der Waals surface area contributed by atoms with Gasteiger partial charge in [-0.3, -0.25) is 4.79 Å². The van der Waals surface area contributed by atoms with E-state index in [1.165, 1.54) is 4.90 Å². The summed E-state index contributed by atoms with van der Waals surface area (Å²) in [6.07, 6.45) is 4.11. The predicted octanol–water partition coefficient (Wildman–Crippen LogP) is 1.50. The molecule has 0 aliphatic carbocycles. The summed E-state index contributed by atoms with van der Waals surface area (Å²) in [5.74, 6) is -0.870. The number of aliphatic carboxylic acids is 1. The first kappa shape index (κ1) is 12.0. The van der Waals surface area contributed by atoms with Crippen LogP contribution in [0, 0.1) is 5.41 Å². The molecule has 1 N–H and O–H groups in total. The summed E-state index contributed by atoms with van der Waals surface area (Å²) in [6.45, 7) is 4.59. The summed E-state index contributed by atoms with van der Waals surface area (Å²) in [5.41, 5.74) is -0.231. The van der Waals surface area contributed by atoms with Gasteiger partial charge in [-0.1, -0.05) is 13.8 Å². The molecule has 1 atom stereocenters. The van der Waals surface area contributed by atoms with Gasteiger partial charge in [-0.2, -0.15) is 0 Å². The molecule has 1 aliphatic rings. The van der Waals surface area contributed by atoms with Crippen molar-refractivity contribution in [2.24, 2.45) is 5.41 Å². The molecular weight excluding hydrogens is 194 g/mol. The van der Waals surface area contributed by atoms with E-state index in [2.05, 4.69) is 0 Å². The first-order valence-electron chi connectivity index (χ1n) is 5.55. The van der Waals surface area contributed by atoms with Gasteiger partial charge in [0.05, 0.1) is 0 Å². The Kier molecular flexibility index (Phi) is 3.72. The molecule has 1 aliphatic heterocycles. The largest absolute Gasteiger partial charge is 0.480 e. The zero-order chi connectivity index (χ0) is 11.5. The molecular formula is C11H19NO3. The van der Waals surface area contributed by atoms with Crippen LogP contribution in [-0.2, 0) is 9.59 Å². The third-order valence-electron chi connectivity index (χ3n) is 3.78. The van der Waals surface area contributed by atoms with E-state index < -0.39 is 12.0 Å². The number of carbonyl (C=O) groups is 2. The van der Waals surface area contributed by atoms with Crippen LogP contribution in [0.25, 0.3) is 0 Å². The average molecular weight is 213 g/mol. The minimum atomic E-state index is -0.870. The topological polar surface area (TPSA) is 57.6 Å². The van der Waals surface area contributed by atoms with E-state index in [0.29, 0.717) is 13.0 Å². The van der Waals surface area contributed by atoms with Crippen LogP contribution in [0.15, 0.2) is 0 Å². The Bertz CT molecular complexity index is 248. The van der Waals surface area contributed by atoms with E-state index in [1.54, 1.807) is 0 Å². The molecule has 4 heteroatoms. The van der Waals surface area contributed by atoms with Gasteiger partial charge in [0, 0.05) is 12.0 Å². The van der Waals surface area contributed by atoms with Crippen LogP contribution in [0.2, 0.25) is 0 Å². The van der Waals surface area contributed by atoms with Crippen molar-refractivity contribution in [2.75, 3.05) is 6.54 Å². The van der Waals surface area contributed by atoms with E-state index in [-0.39, 0.29) is 5.41 Å². The smallest absolute Gasteiger partial charge is 0.326 e. The van der Waals surface area contributed by atoms with E-state index in [0.717, 1.165) is 25.7 Å². The monoisotopic (exact) mass is 213 g/mol. The number of nitrogens with zero attached hydrogens (tertiary/aromatic N) is 1. The number of hydrogen-bond acceptors (Lipinski definition) is 2. The Hall–Kier alpha value is -1.06. The van der Waals surface area contributed by atoms with Crippen molar-refractivity contribution in [3.05, 3.63) is 0 Å². The Morgan fingerprint density at radius 1 is 1.53 bits per heavy atom. The summed E-state index contributed by atoms with van der Waals surface area (Å²) in [7, 11) is 0. The molecule has 15 heavy (non-hydrogen) atoms. The highest BCUT2D eigenvalue weighted by Crippen LogP contribution is 2.41. The summed E-state index contributed by atoms with van der Waals surface area (Å²) in [4.78, 5) is 23.6. The maximum atomic E-state index is 11.3. The fourth-order valence-electron chi connectivity index (χ4n) is 2.74. The lowest BCUT2D eigenvalue weighted by molar-refractivity contribution is -0.156. The average Bonchev–Trinajstić information content (AvgIpc) is 2.27. The maximum Gasteiger partial charge on any atom is 0.326 e. The third kappa shape index (κ3) is 1.98. The Morgan fingerprint density at radius 3 is 2.53 bits per heavy atom. The van der Waals surface area contributed by atoms with Gasteiger partial charge in [0.2, 0.25) is 6.41 Å². The summed E-state index contributed by atoms with van der Waals surface area (Å²) in [6, 6.07) is -0.640. The van der Waals surface area contributed by atoms with Crippen LogP contribution in [0.1, 0.15) is 39.5 Å². The van der Waals surface area contributed by atoms with Crippen molar-refractivity contribution in [1.82, 2.24) is 4.90 Å². The first-order valence-corrected chi connectivity index (χ1v) is 5.55. The van der Waals surface area contributed by atoms with Crippen LogP contribution in [-0.4, -0.2) is 35.0 Å². The number of likely N-dealkylation sites (tertiary alicyclic amines) is 1. The number of rotatable bonds is 4. The SMILES string of the molecule is CCC1(CC)CCCN(C=O)C1C(=O)O. The standard InChI is InChI=1S/C11H19NO3/c1-3-11(4-2)6-5-7-12(8-13)9(11)10(14)15/h8-9H,3-7H2,1-2H3,(H,14,15). The fraction of sp³-hybridized carbons (Fsp3) is 0.818. The van der Waals surface area contributed by atoms with Gasteiger partial charge in [-0.25, -0.2) is 4.79 Å². The molecule has 0 aromatic rings. The lowest BCUT2D eigenvalue weighted by atomic mass is 9.69. The molecule has 1 unspecified atom stereocenters. The normalized spacial score (nSPS) is 24.9. The molecule has 0 aromatic carbocycles.